The van der Waals surface area contributed by atoms with Gasteiger partial charge in [-0.1, -0.05) is 0 Å². The number of nitrogens with zero attached hydrogens (tertiary/aromatic N) is 1. The predicted molar refractivity (Wildman–Crippen MR) is 83.2 cm³/mol. The van der Waals surface area contributed by atoms with Gasteiger partial charge in [0.05, 0.1) is 21.4 Å². The summed E-state index contributed by atoms with van der Waals surface area (Å²) in [6, 6.07) is 3.63. The maximum atomic E-state index is 11.9. The van der Waals surface area contributed by atoms with E-state index in [0.717, 1.165) is 12.3 Å². The molecule has 0 saturated heterocycles. The van der Waals surface area contributed by atoms with Gasteiger partial charge in [-0.2, -0.15) is 0 Å². The van der Waals surface area contributed by atoms with Gasteiger partial charge >= 0.3 is 5.97 Å². The molecule has 126 valence electrons. The number of carboxylic acid groups (broad SMARTS) is 1. The van der Waals surface area contributed by atoms with Crippen molar-refractivity contribution in [2.75, 3.05) is 11.6 Å². The maximum Gasteiger partial charge on any atom is 0.306 e. The Bertz CT molecular complexity index is 723. The van der Waals surface area contributed by atoms with E-state index in [9.17, 15) is 23.3 Å². The lowest BCUT2D eigenvalue weighted by Gasteiger charge is -2.28. The molecule has 0 spiro atoms. The third-order valence-electron chi connectivity index (χ3n) is 4.01. The molecule has 1 aromatic rings. The lowest BCUT2D eigenvalue weighted by atomic mass is 9.86. The van der Waals surface area contributed by atoms with Crippen molar-refractivity contribution in [3.63, 3.8) is 0 Å². The summed E-state index contributed by atoms with van der Waals surface area (Å²) in [7, 11) is -3.63. The first kappa shape index (κ1) is 17.2. The molecule has 0 atom stereocenters. The third kappa shape index (κ3) is 4.19. The van der Waals surface area contributed by atoms with Crippen molar-refractivity contribution < 1.29 is 23.2 Å². The van der Waals surface area contributed by atoms with Crippen LogP contribution >= 0.6 is 0 Å². The summed E-state index contributed by atoms with van der Waals surface area (Å²) in [6.45, 7) is 0. The third-order valence-corrected chi connectivity index (χ3v) is 5.15. The van der Waals surface area contributed by atoms with Crippen molar-refractivity contribution in [2.45, 2.75) is 36.6 Å². The number of aliphatic carboxylic acids is 1. The van der Waals surface area contributed by atoms with Gasteiger partial charge in [0.1, 0.15) is 0 Å². The number of hydrogen-bond donors (Lipinski definition) is 2. The van der Waals surface area contributed by atoms with Gasteiger partial charge in [0.15, 0.2) is 9.84 Å². The van der Waals surface area contributed by atoms with E-state index < -0.39 is 20.7 Å². The fraction of sp³-hybridized carbons (Fsp3) is 0.500. The Labute approximate surface area is 133 Å². The summed E-state index contributed by atoms with van der Waals surface area (Å²) in [4.78, 5) is 21.0. The van der Waals surface area contributed by atoms with E-state index in [2.05, 4.69) is 5.32 Å². The van der Waals surface area contributed by atoms with Crippen molar-refractivity contribution in [3.8, 4) is 0 Å². The predicted octanol–water partition coefficient (Wildman–Crippen LogP) is 2.05. The van der Waals surface area contributed by atoms with E-state index in [-0.39, 0.29) is 22.5 Å². The Kier molecular flexibility index (Phi) is 4.88. The molecule has 0 unspecified atom stereocenters. The summed E-state index contributed by atoms with van der Waals surface area (Å²) in [5.41, 5.74) is 0.0300. The van der Waals surface area contributed by atoms with Crippen LogP contribution in [0, 0.1) is 16.0 Å². The number of hydrogen-bond acceptors (Lipinski definition) is 6. The Morgan fingerprint density at radius 1 is 1.30 bits per heavy atom. The molecular formula is C14H18N2O6S. The highest BCUT2D eigenvalue weighted by Gasteiger charge is 2.27. The zero-order chi connectivity index (χ0) is 17.2. The monoisotopic (exact) mass is 342 g/mol. The highest BCUT2D eigenvalue weighted by atomic mass is 32.2. The number of rotatable bonds is 5. The maximum absolute atomic E-state index is 11.9. The van der Waals surface area contributed by atoms with Crippen molar-refractivity contribution in [1.82, 2.24) is 0 Å². The minimum absolute atomic E-state index is 0.0486. The average Bonchev–Trinajstić information content (AvgIpc) is 2.46. The Hall–Kier alpha value is -2.16. The van der Waals surface area contributed by atoms with E-state index >= 15 is 0 Å². The molecule has 1 aromatic carbocycles. The van der Waals surface area contributed by atoms with Crippen LogP contribution in [-0.4, -0.2) is 36.7 Å². The molecule has 0 aliphatic heterocycles. The second kappa shape index (κ2) is 6.53. The standard InChI is InChI=1S/C14H18N2O6S/c1-23(21,22)13-8-11(16(19)20)6-7-12(13)15-10-4-2-9(3-5-10)14(17)18/h6-10,15H,2-5H2,1H3,(H,17,18). The van der Waals surface area contributed by atoms with Gasteiger partial charge in [-0.15, -0.1) is 0 Å². The van der Waals surface area contributed by atoms with Gasteiger partial charge in [-0.05, 0) is 31.7 Å². The molecule has 1 aliphatic rings. The topological polar surface area (TPSA) is 127 Å². The van der Waals surface area contributed by atoms with Crippen LogP contribution in [0.25, 0.3) is 0 Å². The van der Waals surface area contributed by atoms with Crippen LogP contribution in [0.4, 0.5) is 11.4 Å². The molecule has 2 rings (SSSR count). The zero-order valence-electron chi connectivity index (χ0n) is 12.6. The molecule has 0 heterocycles. The van der Waals surface area contributed by atoms with Crippen molar-refractivity contribution in [1.29, 1.82) is 0 Å². The van der Waals surface area contributed by atoms with Crippen LogP contribution in [0.5, 0.6) is 0 Å². The Morgan fingerprint density at radius 3 is 2.39 bits per heavy atom. The highest BCUT2D eigenvalue weighted by Crippen LogP contribution is 2.31. The molecule has 0 aromatic heterocycles. The van der Waals surface area contributed by atoms with Crippen molar-refractivity contribution in [3.05, 3.63) is 28.3 Å². The number of carboxylic acids is 1. The fourth-order valence-corrected chi connectivity index (χ4v) is 3.62. The van der Waals surface area contributed by atoms with Crippen LogP contribution in [0.1, 0.15) is 25.7 Å². The van der Waals surface area contributed by atoms with Gasteiger partial charge < -0.3 is 10.4 Å². The number of nitro groups is 1. The molecule has 0 radical (unpaired) electrons. The molecule has 23 heavy (non-hydrogen) atoms. The number of anilines is 1. The van der Waals surface area contributed by atoms with Gasteiger partial charge in [0, 0.05) is 24.4 Å². The molecule has 0 amide bonds. The largest absolute Gasteiger partial charge is 0.481 e. The molecule has 1 fully saturated rings. The van der Waals surface area contributed by atoms with E-state index in [1.807, 2.05) is 0 Å². The highest BCUT2D eigenvalue weighted by molar-refractivity contribution is 7.90. The summed E-state index contributed by atoms with van der Waals surface area (Å²) in [6.07, 6.45) is 3.26. The van der Waals surface area contributed by atoms with Crippen molar-refractivity contribution >= 4 is 27.2 Å². The summed E-state index contributed by atoms with van der Waals surface area (Å²) in [5, 5.41) is 22.9. The van der Waals surface area contributed by atoms with Gasteiger partial charge in [0.2, 0.25) is 0 Å². The number of nitrogens with one attached hydrogen (secondary N) is 1. The van der Waals surface area contributed by atoms with Crippen LogP contribution in [0.2, 0.25) is 0 Å². The first-order valence-corrected chi connectivity index (χ1v) is 9.05. The molecule has 9 heteroatoms. The Morgan fingerprint density at radius 2 is 1.91 bits per heavy atom. The lowest BCUT2D eigenvalue weighted by Crippen LogP contribution is -2.29. The SMILES string of the molecule is CS(=O)(=O)c1cc([N+](=O)[O-])ccc1NC1CCC(C(=O)O)CC1. The minimum Gasteiger partial charge on any atom is -0.481 e. The number of sulfone groups is 1. The molecular weight excluding hydrogens is 324 g/mol. The fourth-order valence-electron chi connectivity index (χ4n) is 2.76. The Balaban J connectivity index is 2.20. The lowest BCUT2D eigenvalue weighted by molar-refractivity contribution is -0.385. The molecule has 1 aliphatic carbocycles. The smallest absolute Gasteiger partial charge is 0.306 e. The number of non-ortho nitro benzene ring substituents is 1. The van der Waals surface area contributed by atoms with Gasteiger partial charge in [0.25, 0.3) is 5.69 Å². The zero-order valence-corrected chi connectivity index (χ0v) is 13.4. The second-order valence-corrected chi connectivity index (χ2v) is 7.73. The second-order valence-electron chi connectivity index (χ2n) is 5.74. The van der Waals surface area contributed by atoms with Gasteiger partial charge in [-0.3, -0.25) is 14.9 Å². The van der Waals surface area contributed by atoms with Crippen LogP contribution in [0.15, 0.2) is 23.1 Å². The normalized spacial score (nSPS) is 21.6. The van der Waals surface area contributed by atoms with Crippen LogP contribution in [-0.2, 0) is 14.6 Å². The molecule has 1 saturated carbocycles. The van der Waals surface area contributed by atoms with E-state index in [1.54, 1.807) is 0 Å². The van der Waals surface area contributed by atoms with Crippen LogP contribution < -0.4 is 5.32 Å². The molecule has 0 bridgehead atoms. The minimum atomic E-state index is -3.63. The summed E-state index contributed by atoms with van der Waals surface area (Å²) in [5.74, 6) is -1.17. The van der Waals surface area contributed by atoms with Crippen molar-refractivity contribution in [2.24, 2.45) is 5.92 Å². The van der Waals surface area contributed by atoms with Crippen LogP contribution in [0.3, 0.4) is 0 Å². The van der Waals surface area contributed by atoms with E-state index in [1.165, 1.54) is 12.1 Å². The first-order chi connectivity index (χ1) is 10.7. The number of nitro benzene ring substituents is 1. The number of carbonyl (C=O) groups is 1. The van der Waals surface area contributed by atoms with E-state index in [0.29, 0.717) is 31.4 Å². The quantitative estimate of drug-likeness (QED) is 0.619. The number of benzene rings is 1. The van der Waals surface area contributed by atoms with E-state index in [4.69, 9.17) is 5.11 Å². The summed E-state index contributed by atoms with van der Waals surface area (Å²) < 4.78 is 23.7. The first-order valence-electron chi connectivity index (χ1n) is 7.16. The molecule has 2 N–H and O–H groups in total. The summed E-state index contributed by atoms with van der Waals surface area (Å²) >= 11 is 0. The molecule has 8 nitrogen and oxygen atoms in total. The average molecular weight is 342 g/mol. The van der Waals surface area contributed by atoms with Gasteiger partial charge in [-0.25, -0.2) is 8.42 Å².